The third-order valence-corrected chi connectivity index (χ3v) is 5.37. The van der Waals surface area contributed by atoms with Gasteiger partial charge in [-0.15, -0.1) is 0 Å². The number of guanidine groups is 1. The zero-order chi connectivity index (χ0) is 18.2. The summed E-state index contributed by atoms with van der Waals surface area (Å²) in [7, 11) is 3.97. The Hall–Kier alpha value is -1.75. The van der Waals surface area contributed by atoms with Gasteiger partial charge in [-0.25, -0.2) is 0 Å². The van der Waals surface area contributed by atoms with Crippen molar-refractivity contribution in [2.75, 3.05) is 40.5 Å². The topological polar surface area (TPSA) is 46.1 Å². The van der Waals surface area contributed by atoms with Crippen LogP contribution in [-0.4, -0.2) is 51.3 Å². The number of nitrogens with zero attached hydrogens (tertiary/aromatic N) is 2. The first-order valence-corrected chi connectivity index (χ1v) is 9.96. The third kappa shape index (κ3) is 5.90. The molecule has 3 rings (SSSR count). The van der Waals surface area contributed by atoms with E-state index in [4.69, 9.17) is 9.47 Å². The number of aliphatic imine (C=N–C) groups is 1. The molecule has 0 unspecified atom stereocenters. The highest BCUT2D eigenvalue weighted by molar-refractivity contribution is 5.79. The second-order valence-corrected chi connectivity index (χ2v) is 7.53. The zero-order valence-corrected chi connectivity index (χ0v) is 16.2. The standard InChI is InChI=1S/C21H33N3O2/c1-22-21(24(2)12-9-17-10-13-25-14-11-17)23-15-19-5-3-4-6-20(19)26-16-18-7-8-18/h3-6,17-18H,7-16H2,1-2H3,(H,22,23). The maximum atomic E-state index is 6.01. The smallest absolute Gasteiger partial charge is 0.193 e. The van der Waals surface area contributed by atoms with Crippen molar-refractivity contribution in [2.45, 2.75) is 38.6 Å². The van der Waals surface area contributed by atoms with E-state index in [2.05, 4.69) is 40.5 Å². The Balaban J connectivity index is 1.46. The number of hydrogen-bond acceptors (Lipinski definition) is 3. The van der Waals surface area contributed by atoms with Gasteiger partial charge in [-0.1, -0.05) is 18.2 Å². The van der Waals surface area contributed by atoms with Crippen molar-refractivity contribution in [1.29, 1.82) is 0 Å². The van der Waals surface area contributed by atoms with Crippen molar-refractivity contribution in [1.82, 2.24) is 10.2 Å². The van der Waals surface area contributed by atoms with E-state index >= 15 is 0 Å². The molecule has 5 heteroatoms. The molecule has 144 valence electrons. The molecular formula is C21H33N3O2. The van der Waals surface area contributed by atoms with Crippen LogP contribution in [0.2, 0.25) is 0 Å². The summed E-state index contributed by atoms with van der Waals surface area (Å²) in [6.45, 7) is 4.42. The van der Waals surface area contributed by atoms with Crippen LogP contribution in [0.5, 0.6) is 5.75 Å². The van der Waals surface area contributed by atoms with Gasteiger partial charge in [0.25, 0.3) is 0 Å². The van der Waals surface area contributed by atoms with Crippen LogP contribution in [0.15, 0.2) is 29.3 Å². The summed E-state index contributed by atoms with van der Waals surface area (Å²) in [6.07, 6.45) is 6.19. The molecule has 1 aromatic carbocycles. The van der Waals surface area contributed by atoms with Gasteiger partial charge in [0.05, 0.1) is 6.61 Å². The minimum Gasteiger partial charge on any atom is -0.493 e. The minimum atomic E-state index is 0.731. The number of rotatable bonds is 8. The summed E-state index contributed by atoms with van der Waals surface area (Å²) >= 11 is 0. The van der Waals surface area contributed by atoms with Gasteiger partial charge in [-0.3, -0.25) is 4.99 Å². The maximum Gasteiger partial charge on any atom is 0.193 e. The van der Waals surface area contributed by atoms with Crippen LogP contribution < -0.4 is 10.1 Å². The highest BCUT2D eigenvalue weighted by Gasteiger charge is 2.22. The number of ether oxygens (including phenoxy) is 2. The van der Waals surface area contributed by atoms with Crippen molar-refractivity contribution in [3.8, 4) is 5.75 Å². The Morgan fingerprint density at radius 3 is 2.69 bits per heavy atom. The van der Waals surface area contributed by atoms with Crippen LogP contribution in [0.4, 0.5) is 0 Å². The van der Waals surface area contributed by atoms with E-state index in [1.54, 1.807) is 0 Å². The third-order valence-electron chi connectivity index (χ3n) is 5.37. The second kappa shape index (κ2) is 9.81. The average molecular weight is 360 g/mol. The SMILES string of the molecule is CN=C(NCc1ccccc1OCC1CC1)N(C)CCC1CCOCC1. The molecule has 26 heavy (non-hydrogen) atoms. The van der Waals surface area contributed by atoms with Crippen molar-refractivity contribution in [3.05, 3.63) is 29.8 Å². The van der Waals surface area contributed by atoms with Crippen molar-refractivity contribution < 1.29 is 9.47 Å². The largest absolute Gasteiger partial charge is 0.493 e. The quantitative estimate of drug-likeness (QED) is 0.571. The molecule has 1 aliphatic heterocycles. The van der Waals surface area contributed by atoms with E-state index in [1.807, 2.05) is 13.1 Å². The van der Waals surface area contributed by atoms with Crippen molar-refractivity contribution in [3.63, 3.8) is 0 Å². The van der Waals surface area contributed by atoms with E-state index in [1.165, 1.54) is 37.7 Å². The summed E-state index contributed by atoms with van der Waals surface area (Å²) in [5, 5.41) is 3.49. The lowest BCUT2D eigenvalue weighted by Gasteiger charge is -2.27. The Morgan fingerprint density at radius 2 is 1.96 bits per heavy atom. The summed E-state index contributed by atoms with van der Waals surface area (Å²) < 4.78 is 11.5. The van der Waals surface area contributed by atoms with E-state index in [9.17, 15) is 0 Å². The van der Waals surface area contributed by atoms with Gasteiger partial charge in [0.1, 0.15) is 5.75 Å². The number of hydrogen-bond donors (Lipinski definition) is 1. The molecular weight excluding hydrogens is 326 g/mol. The number of nitrogens with one attached hydrogen (secondary N) is 1. The van der Waals surface area contributed by atoms with Crippen LogP contribution in [0.3, 0.4) is 0 Å². The molecule has 1 N–H and O–H groups in total. The molecule has 1 saturated carbocycles. The molecule has 2 aliphatic rings. The second-order valence-electron chi connectivity index (χ2n) is 7.53. The normalized spacial score (nSPS) is 18.6. The van der Waals surface area contributed by atoms with E-state index < -0.39 is 0 Å². The molecule has 1 aliphatic carbocycles. The Bertz CT molecular complexity index is 580. The first-order chi connectivity index (χ1) is 12.8. The van der Waals surface area contributed by atoms with Gasteiger partial charge in [-0.05, 0) is 50.0 Å². The van der Waals surface area contributed by atoms with E-state index in [-0.39, 0.29) is 0 Å². The van der Waals surface area contributed by atoms with Crippen LogP contribution in [0.25, 0.3) is 0 Å². The molecule has 0 atom stereocenters. The molecule has 1 saturated heterocycles. The summed E-state index contributed by atoms with van der Waals surface area (Å²) in [5.74, 6) is 3.47. The zero-order valence-electron chi connectivity index (χ0n) is 16.2. The lowest BCUT2D eigenvalue weighted by Crippen LogP contribution is -2.39. The van der Waals surface area contributed by atoms with Gasteiger partial charge in [0.15, 0.2) is 5.96 Å². The molecule has 1 heterocycles. The van der Waals surface area contributed by atoms with Crippen molar-refractivity contribution >= 4 is 5.96 Å². The van der Waals surface area contributed by atoms with Gasteiger partial charge in [0, 0.05) is 46.0 Å². The van der Waals surface area contributed by atoms with Gasteiger partial charge in [-0.2, -0.15) is 0 Å². The predicted octanol–water partition coefficient (Wildman–Crippen LogP) is 3.30. The van der Waals surface area contributed by atoms with Gasteiger partial charge in [0.2, 0.25) is 0 Å². The lowest BCUT2D eigenvalue weighted by atomic mass is 9.96. The molecule has 0 aromatic heterocycles. The van der Waals surface area contributed by atoms with Crippen LogP contribution in [0.1, 0.15) is 37.7 Å². The van der Waals surface area contributed by atoms with Gasteiger partial charge >= 0.3 is 0 Å². The molecule has 0 spiro atoms. The Morgan fingerprint density at radius 1 is 1.19 bits per heavy atom. The van der Waals surface area contributed by atoms with Crippen LogP contribution >= 0.6 is 0 Å². The fraction of sp³-hybridized carbons (Fsp3) is 0.667. The molecule has 5 nitrogen and oxygen atoms in total. The maximum absolute atomic E-state index is 6.01. The number of para-hydroxylation sites is 1. The summed E-state index contributed by atoms with van der Waals surface area (Å²) in [4.78, 5) is 6.67. The Labute approximate surface area is 157 Å². The summed E-state index contributed by atoms with van der Waals surface area (Å²) in [6, 6.07) is 8.31. The molecule has 0 amide bonds. The minimum absolute atomic E-state index is 0.731. The van der Waals surface area contributed by atoms with Crippen LogP contribution in [-0.2, 0) is 11.3 Å². The van der Waals surface area contributed by atoms with Gasteiger partial charge < -0.3 is 19.7 Å². The van der Waals surface area contributed by atoms with Crippen LogP contribution in [0, 0.1) is 11.8 Å². The fourth-order valence-electron chi connectivity index (χ4n) is 3.36. The first-order valence-electron chi connectivity index (χ1n) is 9.96. The first kappa shape index (κ1) is 19.0. The Kier molecular flexibility index (Phi) is 7.18. The monoisotopic (exact) mass is 359 g/mol. The highest BCUT2D eigenvalue weighted by atomic mass is 16.5. The van der Waals surface area contributed by atoms with E-state index in [0.29, 0.717) is 0 Å². The lowest BCUT2D eigenvalue weighted by molar-refractivity contribution is 0.0625. The van der Waals surface area contributed by atoms with E-state index in [0.717, 1.165) is 56.5 Å². The highest BCUT2D eigenvalue weighted by Crippen LogP contribution is 2.30. The predicted molar refractivity (Wildman–Crippen MR) is 106 cm³/mol. The average Bonchev–Trinajstić information content (AvgIpc) is 3.51. The number of benzene rings is 1. The van der Waals surface area contributed by atoms with Crippen molar-refractivity contribution in [2.24, 2.45) is 16.8 Å². The fourth-order valence-corrected chi connectivity index (χ4v) is 3.36. The molecule has 2 fully saturated rings. The molecule has 0 radical (unpaired) electrons. The molecule has 1 aromatic rings. The molecule has 0 bridgehead atoms. The summed E-state index contributed by atoms with van der Waals surface area (Å²) in [5.41, 5.74) is 1.19.